The van der Waals surface area contributed by atoms with Gasteiger partial charge in [0.05, 0.1) is 11.8 Å². The Morgan fingerprint density at radius 3 is 3.04 bits per heavy atom. The van der Waals surface area contributed by atoms with Gasteiger partial charge in [-0.05, 0) is 12.8 Å². The van der Waals surface area contributed by atoms with Crippen molar-refractivity contribution < 1.29 is 9.26 Å². The van der Waals surface area contributed by atoms with E-state index in [0.717, 1.165) is 63.3 Å². The van der Waals surface area contributed by atoms with Crippen LogP contribution in [0.5, 0.6) is 0 Å². The highest BCUT2D eigenvalue weighted by molar-refractivity contribution is 5.25. The summed E-state index contributed by atoms with van der Waals surface area (Å²) >= 11 is 0. The van der Waals surface area contributed by atoms with Gasteiger partial charge < -0.3 is 14.6 Å². The van der Waals surface area contributed by atoms with Crippen LogP contribution in [0.4, 0.5) is 5.95 Å². The number of rotatable bonds is 5. The molecule has 2 aliphatic heterocycles. The zero-order chi connectivity index (χ0) is 15.5. The number of fused-ring (bicyclic) bond motifs is 1. The van der Waals surface area contributed by atoms with E-state index in [1.807, 2.05) is 12.4 Å². The topological polar surface area (TPSA) is 76.3 Å². The molecule has 1 saturated heterocycles. The Morgan fingerprint density at radius 1 is 1.30 bits per heavy atom. The molecule has 4 heterocycles. The zero-order valence-corrected chi connectivity index (χ0v) is 13.1. The maximum atomic E-state index is 5.58. The number of nitrogens with one attached hydrogen (secondary N) is 1. The number of aromatic nitrogens is 3. The van der Waals surface area contributed by atoms with Crippen LogP contribution in [0, 0.1) is 0 Å². The summed E-state index contributed by atoms with van der Waals surface area (Å²) < 4.78 is 10.6. The van der Waals surface area contributed by atoms with Crippen LogP contribution in [0.2, 0.25) is 0 Å². The number of hydrogen-bond acceptors (Lipinski definition) is 7. The maximum absolute atomic E-state index is 5.58. The smallest absolute Gasteiger partial charge is 0.222 e. The van der Waals surface area contributed by atoms with Gasteiger partial charge in [-0.3, -0.25) is 4.90 Å². The SMILES string of the molecule is c1nc(NC[C@@H]2CCCO2)ncc1CN1CCc2nocc2C1. The lowest BCUT2D eigenvalue weighted by atomic mass is 10.1. The Hall–Kier alpha value is -1.99. The van der Waals surface area contributed by atoms with Crippen LogP contribution in [-0.2, 0) is 24.2 Å². The van der Waals surface area contributed by atoms with E-state index in [2.05, 4.69) is 25.3 Å². The van der Waals surface area contributed by atoms with Crippen molar-refractivity contribution in [2.24, 2.45) is 0 Å². The maximum Gasteiger partial charge on any atom is 0.222 e. The molecule has 7 heteroatoms. The van der Waals surface area contributed by atoms with Gasteiger partial charge in [-0.25, -0.2) is 9.97 Å². The molecule has 4 rings (SSSR count). The molecule has 0 aliphatic carbocycles. The van der Waals surface area contributed by atoms with Crippen LogP contribution in [0.15, 0.2) is 23.2 Å². The van der Waals surface area contributed by atoms with E-state index in [1.54, 1.807) is 6.26 Å². The normalized spacial score (nSPS) is 21.3. The van der Waals surface area contributed by atoms with Gasteiger partial charge in [0.15, 0.2) is 0 Å². The molecule has 1 N–H and O–H groups in total. The molecular formula is C16H21N5O2. The third-order valence-corrected chi connectivity index (χ3v) is 4.41. The lowest BCUT2D eigenvalue weighted by Gasteiger charge is -2.25. The van der Waals surface area contributed by atoms with E-state index < -0.39 is 0 Å². The highest BCUT2D eigenvalue weighted by Crippen LogP contribution is 2.19. The van der Waals surface area contributed by atoms with Crippen molar-refractivity contribution in [3.8, 4) is 0 Å². The van der Waals surface area contributed by atoms with Gasteiger partial charge in [0.2, 0.25) is 5.95 Å². The van der Waals surface area contributed by atoms with Crippen LogP contribution >= 0.6 is 0 Å². The van der Waals surface area contributed by atoms with Crippen molar-refractivity contribution in [2.75, 3.05) is 25.0 Å². The molecule has 0 radical (unpaired) electrons. The van der Waals surface area contributed by atoms with E-state index in [-0.39, 0.29) is 0 Å². The molecule has 0 amide bonds. The molecule has 1 atom stereocenters. The van der Waals surface area contributed by atoms with E-state index in [4.69, 9.17) is 9.26 Å². The van der Waals surface area contributed by atoms with E-state index in [0.29, 0.717) is 12.1 Å². The summed E-state index contributed by atoms with van der Waals surface area (Å²) in [5.74, 6) is 0.671. The summed E-state index contributed by atoms with van der Waals surface area (Å²) in [7, 11) is 0. The summed E-state index contributed by atoms with van der Waals surface area (Å²) in [5.41, 5.74) is 3.39. The Balaban J connectivity index is 1.30. The highest BCUT2D eigenvalue weighted by atomic mass is 16.5. The van der Waals surface area contributed by atoms with Gasteiger partial charge >= 0.3 is 0 Å². The minimum Gasteiger partial charge on any atom is -0.376 e. The molecule has 0 spiro atoms. The molecule has 23 heavy (non-hydrogen) atoms. The molecule has 122 valence electrons. The second kappa shape index (κ2) is 6.64. The quantitative estimate of drug-likeness (QED) is 0.898. The summed E-state index contributed by atoms with van der Waals surface area (Å²) in [6.07, 6.45) is 9.04. The molecule has 7 nitrogen and oxygen atoms in total. The number of hydrogen-bond donors (Lipinski definition) is 1. The van der Waals surface area contributed by atoms with Gasteiger partial charge in [-0.1, -0.05) is 5.16 Å². The van der Waals surface area contributed by atoms with E-state index in [9.17, 15) is 0 Å². The molecule has 0 aromatic carbocycles. The van der Waals surface area contributed by atoms with Crippen molar-refractivity contribution >= 4 is 5.95 Å². The fourth-order valence-corrected chi connectivity index (χ4v) is 3.13. The minimum absolute atomic E-state index is 0.296. The molecular weight excluding hydrogens is 294 g/mol. The monoisotopic (exact) mass is 315 g/mol. The fourth-order valence-electron chi connectivity index (χ4n) is 3.13. The number of anilines is 1. The standard InChI is InChI=1S/C16H21N5O2/c1-2-14(22-5-1)8-19-16-17-6-12(7-18-16)9-21-4-3-15-13(10-21)11-23-20-15/h6-7,11,14H,1-5,8-10H2,(H,17,18,19)/t14-/m0/s1. The Labute approximate surface area is 135 Å². The summed E-state index contributed by atoms with van der Waals surface area (Å²) in [4.78, 5) is 11.2. The lowest BCUT2D eigenvalue weighted by molar-refractivity contribution is 0.120. The average Bonchev–Trinajstić information content (AvgIpc) is 3.25. The van der Waals surface area contributed by atoms with Crippen LogP contribution in [0.25, 0.3) is 0 Å². The van der Waals surface area contributed by atoms with E-state index in [1.165, 1.54) is 5.56 Å². The number of ether oxygens (including phenoxy) is 1. The molecule has 2 aromatic heterocycles. The van der Waals surface area contributed by atoms with Crippen molar-refractivity contribution in [3.05, 3.63) is 35.5 Å². The molecule has 2 aliphatic rings. The third kappa shape index (κ3) is 3.51. The summed E-state index contributed by atoms with van der Waals surface area (Å²) in [6, 6.07) is 0. The first-order valence-corrected chi connectivity index (χ1v) is 8.18. The molecule has 1 fully saturated rings. The van der Waals surface area contributed by atoms with Crippen LogP contribution in [0.1, 0.15) is 29.7 Å². The van der Waals surface area contributed by atoms with Crippen LogP contribution in [-0.4, -0.2) is 45.8 Å². The second-order valence-corrected chi connectivity index (χ2v) is 6.18. The zero-order valence-electron chi connectivity index (χ0n) is 13.1. The van der Waals surface area contributed by atoms with Crippen molar-refractivity contribution in [3.63, 3.8) is 0 Å². The average molecular weight is 315 g/mol. The van der Waals surface area contributed by atoms with Gasteiger partial charge in [0, 0.05) is 62.7 Å². The minimum atomic E-state index is 0.296. The second-order valence-electron chi connectivity index (χ2n) is 6.18. The number of nitrogens with zero attached hydrogens (tertiary/aromatic N) is 4. The largest absolute Gasteiger partial charge is 0.376 e. The van der Waals surface area contributed by atoms with Crippen LogP contribution < -0.4 is 5.32 Å². The Kier molecular flexibility index (Phi) is 4.21. The Bertz CT molecular complexity index is 636. The molecule has 0 bridgehead atoms. The van der Waals surface area contributed by atoms with Crippen molar-refractivity contribution in [1.29, 1.82) is 0 Å². The van der Waals surface area contributed by atoms with Crippen molar-refractivity contribution in [2.45, 2.75) is 38.5 Å². The molecule has 2 aromatic rings. The molecule has 0 unspecified atom stereocenters. The van der Waals surface area contributed by atoms with Gasteiger partial charge in [-0.15, -0.1) is 0 Å². The highest BCUT2D eigenvalue weighted by Gasteiger charge is 2.19. The molecule has 0 saturated carbocycles. The predicted molar refractivity (Wildman–Crippen MR) is 83.8 cm³/mol. The first-order valence-electron chi connectivity index (χ1n) is 8.18. The third-order valence-electron chi connectivity index (χ3n) is 4.41. The van der Waals surface area contributed by atoms with Gasteiger partial charge in [-0.2, -0.15) is 0 Å². The first kappa shape index (κ1) is 14.6. The van der Waals surface area contributed by atoms with Crippen molar-refractivity contribution in [1.82, 2.24) is 20.0 Å². The van der Waals surface area contributed by atoms with E-state index >= 15 is 0 Å². The van der Waals surface area contributed by atoms with Gasteiger partial charge in [0.25, 0.3) is 0 Å². The Morgan fingerprint density at radius 2 is 2.22 bits per heavy atom. The fraction of sp³-hybridized carbons (Fsp3) is 0.562. The first-order chi connectivity index (χ1) is 11.4. The van der Waals surface area contributed by atoms with Crippen LogP contribution in [0.3, 0.4) is 0 Å². The predicted octanol–water partition coefficient (Wildman–Crippen LogP) is 1.61. The van der Waals surface area contributed by atoms with Gasteiger partial charge in [0.1, 0.15) is 6.26 Å². The summed E-state index contributed by atoms with van der Waals surface area (Å²) in [5, 5.41) is 7.26. The summed E-state index contributed by atoms with van der Waals surface area (Å²) in [6.45, 7) is 4.35. The lowest BCUT2D eigenvalue weighted by Crippen LogP contribution is -2.29.